The van der Waals surface area contributed by atoms with Crippen LogP contribution >= 0.6 is 0 Å². The molecule has 0 heterocycles. The first-order valence-corrected chi connectivity index (χ1v) is 17.9. The number of carbonyl (C=O) groups is 2. The van der Waals surface area contributed by atoms with Gasteiger partial charge in [-0.15, -0.1) is 0 Å². The van der Waals surface area contributed by atoms with Crippen LogP contribution in [-0.2, 0) is 43.2 Å². The van der Waals surface area contributed by atoms with Gasteiger partial charge in [-0.1, -0.05) is 30.1 Å². The summed E-state index contributed by atoms with van der Waals surface area (Å²) in [5.74, 6) is -2.38. The van der Waals surface area contributed by atoms with Crippen molar-refractivity contribution in [3.8, 4) is 0 Å². The summed E-state index contributed by atoms with van der Waals surface area (Å²) in [6, 6.07) is 4.42. The van der Waals surface area contributed by atoms with E-state index in [9.17, 15) is 39.6 Å². The van der Waals surface area contributed by atoms with Crippen LogP contribution < -0.4 is 4.13 Å². The molecule has 230 valence electrons. The van der Waals surface area contributed by atoms with Gasteiger partial charge in [0.2, 0.25) is 0 Å². The van der Waals surface area contributed by atoms with E-state index in [-0.39, 0.29) is 19.4 Å². The molecule has 1 aromatic rings. The average Bonchev–Trinajstić information content (AvgIpc) is 2.84. The van der Waals surface area contributed by atoms with Crippen LogP contribution in [0.25, 0.3) is 0 Å². The van der Waals surface area contributed by atoms with Gasteiger partial charge in [0.05, 0.1) is 22.8 Å². The molecule has 3 atom stereocenters. The summed E-state index contributed by atoms with van der Waals surface area (Å²) in [6.07, 6.45) is 0.459. The molecule has 11 nitrogen and oxygen atoms in total. The molecule has 0 saturated carbocycles. The van der Waals surface area contributed by atoms with E-state index in [0.29, 0.717) is 16.1 Å². The molecule has 3 unspecified atom stereocenters. The minimum atomic E-state index is -6.16. The van der Waals surface area contributed by atoms with E-state index in [1.165, 1.54) is 19.2 Å². The van der Waals surface area contributed by atoms with Crippen LogP contribution in [0.15, 0.2) is 29.2 Å². The van der Waals surface area contributed by atoms with Crippen LogP contribution in [0.5, 0.6) is 0 Å². The summed E-state index contributed by atoms with van der Waals surface area (Å²) in [4.78, 5) is 25.2. The Kier molecular flexibility index (Phi) is 12.4. The molecular formula is C23H36F3NO10S2Si. The second-order valence-electron chi connectivity index (χ2n) is 9.96. The van der Waals surface area contributed by atoms with Crippen molar-refractivity contribution in [1.29, 1.82) is 0 Å². The topological polar surface area (TPSA) is 162 Å². The lowest BCUT2D eigenvalue weighted by Gasteiger charge is -2.33. The molecule has 0 aliphatic carbocycles. The van der Waals surface area contributed by atoms with Crippen LogP contribution in [0.1, 0.15) is 51.5 Å². The van der Waals surface area contributed by atoms with Crippen molar-refractivity contribution in [3.63, 3.8) is 0 Å². The number of aliphatic hydroxyl groups excluding tert-OH is 1. The second kappa shape index (κ2) is 13.7. The van der Waals surface area contributed by atoms with Crippen molar-refractivity contribution < 1.29 is 58.3 Å². The molecule has 0 bridgehead atoms. The molecule has 1 rings (SSSR count). The second-order valence-corrected chi connectivity index (χ2v) is 17.0. The highest BCUT2D eigenvalue weighted by molar-refractivity contribution is 8.05. The molecule has 0 aliphatic heterocycles. The van der Waals surface area contributed by atoms with Crippen molar-refractivity contribution in [2.75, 3.05) is 20.3 Å². The number of carbonyl (C=O) groups excluding carboxylic acids is 2. The molecular weight excluding hydrogens is 599 g/mol. The van der Waals surface area contributed by atoms with E-state index in [2.05, 4.69) is 0 Å². The number of esters is 1. The fourth-order valence-corrected chi connectivity index (χ4v) is 7.02. The maximum absolute atomic E-state index is 13.1. The smallest absolute Gasteiger partial charge is 0.494 e. The molecule has 2 N–H and O–H groups in total. The molecule has 17 heteroatoms. The van der Waals surface area contributed by atoms with Gasteiger partial charge >= 0.3 is 30.1 Å². The molecule has 0 spiro atoms. The average molecular weight is 636 g/mol. The van der Waals surface area contributed by atoms with E-state index in [4.69, 9.17) is 18.7 Å². The highest BCUT2D eigenvalue weighted by Crippen LogP contribution is 2.40. The first-order valence-electron chi connectivity index (χ1n) is 12.2. The lowest BCUT2D eigenvalue weighted by Crippen LogP contribution is -2.41. The van der Waals surface area contributed by atoms with Crippen LogP contribution in [-0.4, -0.2) is 68.3 Å². The number of ether oxygens (including phenoxy) is 1. The van der Waals surface area contributed by atoms with Gasteiger partial charge in [0.15, 0.2) is 0 Å². The quantitative estimate of drug-likeness (QED) is 0.216. The molecule has 0 aliphatic rings. The highest BCUT2D eigenvalue weighted by Gasteiger charge is 2.48. The van der Waals surface area contributed by atoms with E-state index in [0.717, 1.165) is 12.1 Å². The van der Waals surface area contributed by atoms with Gasteiger partial charge in [0.25, 0.3) is 16.0 Å². The Balaban J connectivity index is 3.25. The summed E-state index contributed by atoms with van der Waals surface area (Å²) in [5.41, 5.74) is -6.61. The number of hydrogen-bond acceptors (Lipinski definition) is 10. The highest BCUT2D eigenvalue weighted by atomic mass is 32.3. The van der Waals surface area contributed by atoms with Gasteiger partial charge in [-0.05, 0) is 62.9 Å². The number of nitrogens with one attached hydrogen (secondary N) is 1. The predicted octanol–water partition coefficient (Wildman–Crippen LogP) is 3.16. The largest absolute Gasteiger partial charge is 0.512 e. The van der Waals surface area contributed by atoms with Gasteiger partial charge < -0.3 is 18.7 Å². The molecule has 0 radical (unpaired) electrons. The maximum Gasteiger partial charge on any atom is 0.512 e. The van der Waals surface area contributed by atoms with Crippen LogP contribution in [0.3, 0.4) is 0 Å². The van der Waals surface area contributed by atoms with Crippen LogP contribution in [0, 0.1) is 11.3 Å². The molecule has 0 saturated heterocycles. The first-order chi connectivity index (χ1) is 18.1. The Labute approximate surface area is 233 Å². The van der Waals surface area contributed by atoms with Crippen molar-refractivity contribution >= 4 is 40.5 Å². The van der Waals surface area contributed by atoms with Crippen molar-refractivity contribution in [1.82, 2.24) is 4.13 Å². The van der Waals surface area contributed by atoms with Gasteiger partial charge in [0, 0.05) is 7.11 Å². The van der Waals surface area contributed by atoms with Gasteiger partial charge in [-0.25, -0.2) is 16.8 Å². The summed E-state index contributed by atoms with van der Waals surface area (Å²) in [6.45, 7) is 7.73. The number of alkyl halides is 3. The number of benzene rings is 1. The Morgan fingerprint density at radius 3 is 2.08 bits per heavy atom. The monoisotopic (exact) mass is 635 g/mol. The number of aliphatic hydroxyl groups is 1. The fourth-order valence-electron chi connectivity index (χ4n) is 3.88. The van der Waals surface area contributed by atoms with Crippen LogP contribution in [0.4, 0.5) is 13.2 Å². The van der Waals surface area contributed by atoms with Crippen molar-refractivity contribution in [3.05, 3.63) is 29.8 Å². The minimum Gasteiger partial charge on any atom is -0.494 e. The third-order valence-electron chi connectivity index (χ3n) is 6.22. The fraction of sp³-hybridized carbons (Fsp3) is 0.652. The normalized spacial score (nSPS) is 16.1. The summed E-state index contributed by atoms with van der Waals surface area (Å²) >= 11 is 0. The van der Waals surface area contributed by atoms with Crippen molar-refractivity contribution in [2.45, 2.75) is 69.4 Å². The third-order valence-corrected chi connectivity index (χ3v) is 11.2. The van der Waals surface area contributed by atoms with Crippen molar-refractivity contribution in [2.24, 2.45) is 11.3 Å². The van der Waals surface area contributed by atoms with Gasteiger partial charge in [-0.2, -0.15) is 13.2 Å². The number of halogens is 3. The summed E-state index contributed by atoms with van der Waals surface area (Å²) < 4.78 is 101. The number of rotatable bonds is 15. The molecule has 40 heavy (non-hydrogen) atoms. The summed E-state index contributed by atoms with van der Waals surface area (Å²) in [7, 11) is -12.5. The lowest BCUT2D eigenvalue weighted by molar-refractivity contribution is -0.159. The van der Waals surface area contributed by atoms with E-state index >= 15 is 0 Å². The Bertz CT molecular complexity index is 1240. The predicted molar refractivity (Wildman–Crippen MR) is 140 cm³/mol. The van der Waals surface area contributed by atoms with E-state index < -0.39 is 74.8 Å². The molecule has 0 aromatic heterocycles. The standard InChI is InChI=1S/C23H36F3NO10S2Si/c1-7-17(20(29)37-40(5,6)35-4)15-22(3,21(30)36-13-12-28)14-16(2)18-8-10-19(11-9-18)38(31,32)27-39(33,34)23(24,25)26/h8-11,16-17,27-28H,7,12-15H2,1-6H3. The Morgan fingerprint density at radius 1 is 1.07 bits per heavy atom. The molecule has 0 fully saturated rings. The van der Waals surface area contributed by atoms with E-state index in [1.807, 2.05) is 0 Å². The zero-order valence-corrected chi connectivity index (χ0v) is 25.7. The van der Waals surface area contributed by atoms with E-state index in [1.54, 1.807) is 33.9 Å². The van der Waals surface area contributed by atoms with Gasteiger partial charge in [-0.3, -0.25) is 9.59 Å². The first kappa shape index (κ1) is 36.0. The maximum atomic E-state index is 13.1. The minimum absolute atomic E-state index is 0.0246. The molecule has 0 amide bonds. The van der Waals surface area contributed by atoms with Crippen LogP contribution in [0.2, 0.25) is 13.1 Å². The number of sulfonamides is 2. The number of hydrogen-bond donors (Lipinski definition) is 2. The SMILES string of the molecule is CCC(CC(C)(CC(C)c1ccc(S(=O)(=O)NS(=O)(=O)C(F)(F)F)cc1)C(=O)OCCO)C(=O)O[Si](C)(C)OC. The zero-order chi connectivity index (χ0) is 31.2. The Morgan fingerprint density at radius 2 is 1.62 bits per heavy atom. The zero-order valence-electron chi connectivity index (χ0n) is 23.1. The van der Waals surface area contributed by atoms with Gasteiger partial charge in [0.1, 0.15) is 6.61 Å². The summed E-state index contributed by atoms with van der Waals surface area (Å²) in [5, 5.41) is 9.10. The third kappa shape index (κ3) is 9.80. The Hall–Kier alpha value is -2.05. The molecule has 1 aromatic carbocycles. The lowest BCUT2D eigenvalue weighted by atomic mass is 9.73.